The average Bonchev–Trinajstić information content (AvgIpc) is 3.09. The van der Waals surface area contributed by atoms with Crippen LogP contribution in [0.4, 0.5) is 27.3 Å². The normalized spacial score (nSPS) is 10.3. The summed E-state index contributed by atoms with van der Waals surface area (Å²) in [6, 6.07) is 13.7. The number of rotatable bonds is 5. The Bertz CT molecular complexity index is 924. The Labute approximate surface area is 140 Å². The molecule has 0 aliphatic rings. The molecule has 0 radical (unpaired) electrons. The molecule has 1 amide bonds. The summed E-state index contributed by atoms with van der Waals surface area (Å²) < 4.78 is 13.0. The van der Waals surface area contributed by atoms with Gasteiger partial charge in [0.05, 0.1) is 17.4 Å². The molecule has 3 N–H and O–H groups in total. The van der Waals surface area contributed by atoms with Crippen molar-refractivity contribution in [1.82, 2.24) is 10.2 Å². The van der Waals surface area contributed by atoms with Gasteiger partial charge in [-0.3, -0.25) is 4.79 Å². The summed E-state index contributed by atoms with van der Waals surface area (Å²) in [4.78, 5) is 22.2. The Hall–Kier alpha value is -3.75. The Morgan fingerprint density at radius 3 is 2.44 bits per heavy atom. The minimum Gasteiger partial charge on any atom is -0.358 e. The van der Waals surface area contributed by atoms with E-state index in [0.29, 0.717) is 17.1 Å². The number of para-hydroxylation sites is 2. The number of carbonyl (C=O) groups is 1. The molecule has 0 saturated carbocycles. The molecule has 1 aromatic heterocycles. The maximum atomic E-state index is 13.0. The number of H-pyrrole nitrogens is 1. The molecule has 8 nitrogen and oxygen atoms in total. The van der Waals surface area contributed by atoms with Crippen molar-refractivity contribution in [3.63, 3.8) is 0 Å². The SMILES string of the molecule is O=C(Nc1ccccc1Nc1ccc(F)cc1)c1cc([N+](=O)[O-])[nH]n1. The van der Waals surface area contributed by atoms with E-state index in [1.54, 1.807) is 36.4 Å². The van der Waals surface area contributed by atoms with Crippen LogP contribution in [0, 0.1) is 15.9 Å². The molecule has 0 fully saturated rings. The number of aromatic nitrogens is 2. The van der Waals surface area contributed by atoms with E-state index >= 15 is 0 Å². The minimum absolute atomic E-state index is 0.108. The number of carbonyl (C=O) groups excluding carboxylic acids is 1. The molecule has 1 heterocycles. The number of nitrogens with zero attached hydrogens (tertiary/aromatic N) is 2. The highest BCUT2D eigenvalue weighted by atomic mass is 19.1. The largest absolute Gasteiger partial charge is 0.358 e. The van der Waals surface area contributed by atoms with Crippen molar-refractivity contribution in [3.8, 4) is 0 Å². The zero-order valence-corrected chi connectivity index (χ0v) is 12.7. The topological polar surface area (TPSA) is 113 Å². The van der Waals surface area contributed by atoms with Crippen molar-refractivity contribution in [1.29, 1.82) is 0 Å². The second-order valence-electron chi connectivity index (χ2n) is 5.03. The van der Waals surface area contributed by atoms with Crippen molar-refractivity contribution in [2.24, 2.45) is 0 Å². The second-order valence-corrected chi connectivity index (χ2v) is 5.03. The summed E-state index contributed by atoms with van der Waals surface area (Å²) in [5, 5.41) is 22.1. The number of hydrogen-bond donors (Lipinski definition) is 3. The molecule has 3 rings (SSSR count). The van der Waals surface area contributed by atoms with Gasteiger partial charge in [0.25, 0.3) is 5.91 Å². The lowest BCUT2D eigenvalue weighted by molar-refractivity contribution is -0.389. The van der Waals surface area contributed by atoms with Crippen LogP contribution in [0.1, 0.15) is 10.5 Å². The van der Waals surface area contributed by atoms with Crippen molar-refractivity contribution in [3.05, 3.63) is 76.2 Å². The Morgan fingerprint density at radius 1 is 1.12 bits per heavy atom. The molecule has 0 aliphatic heterocycles. The van der Waals surface area contributed by atoms with Gasteiger partial charge < -0.3 is 20.7 Å². The van der Waals surface area contributed by atoms with Gasteiger partial charge >= 0.3 is 5.82 Å². The van der Waals surface area contributed by atoms with Crippen molar-refractivity contribution in [2.75, 3.05) is 10.6 Å². The number of halogens is 1. The van der Waals surface area contributed by atoms with Crippen LogP contribution in [0.25, 0.3) is 0 Å². The molecule has 0 saturated heterocycles. The summed E-state index contributed by atoms with van der Waals surface area (Å²) in [5.41, 5.74) is 1.55. The van der Waals surface area contributed by atoms with Crippen molar-refractivity contribution in [2.45, 2.75) is 0 Å². The maximum absolute atomic E-state index is 13.0. The number of hydrogen-bond acceptors (Lipinski definition) is 5. The van der Waals surface area contributed by atoms with E-state index in [1.807, 2.05) is 0 Å². The van der Waals surface area contributed by atoms with Crippen LogP contribution in [0.5, 0.6) is 0 Å². The van der Waals surface area contributed by atoms with Gasteiger partial charge in [0.15, 0.2) is 5.69 Å². The zero-order chi connectivity index (χ0) is 17.8. The number of nitrogens with one attached hydrogen (secondary N) is 3. The minimum atomic E-state index is -0.673. The lowest BCUT2D eigenvalue weighted by atomic mass is 10.2. The highest BCUT2D eigenvalue weighted by Crippen LogP contribution is 2.26. The van der Waals surface area contributed by atoms with Gasteiger partial charge in [-0.15, -0.1) is 5.10 Å². The molecule has 0 unspecified atom stereocenters. The summed E-state index contributed by atoms with van der Waals surface area (Å²) >= 11 is 0. The molecule has 9 heteroatoms. The molecule has 3 aromatic rings. The summed E-state index contributed by atoms with van der Waals surface area (Å²) in [5.74, 6) is -1.33. The summed E-state index contributed by atoms with van der Waals surface area (Å²) in [6.07, 6.45) is 0. The molecular weight excluding hydrogens is 329 g/mol. The fourth-order valence-corrected chi connectivity index (χ4v) is 2.10. The molecule has 126 valence electrons. The van der Waals surface area contributed by atoms with Gasteiger partial charge in [0, 0.05) is 5.69 Å². The molecule has 0 atom stereocenters. The second kappa shape index (κ2) is 6.79. The Morgan fingerprint density at radius 2 is 1.80 bits per heavy atom. The van der Waals surface area contributed by atoms with E-state index in [0.717, 1.165) is 6.07 Å². The van der Waals surface area contributed by atoms with E-state index in [1.165, 1.54) is 12.1 Å². The predicted octanol–water partition coefficient (Wildman–Crippen LogP) is 3.45. The molecule has 25 heavy (non-hydrogen) atoms. The third kappa shape index (κ3) is 3.78. The first-order chi connectivity index (χ1) is 12.0. The van der Waals surface area contributed by atoms with E-state index in [9.17, 15) is 19.3 Å². The molecule has 2 aromatic carbocycles. The van der Waals surface area contributed by atoms with Crippen molar-refractivity contribution >= 4 is 28.8 Å². The third-order valence-electron chi connectivity index (χ3n) is 3.29. The lowest BCUT2D eigenvalue weighted by Crippen LogP contribution is -2.13. The standard InChI is InChI=1S/C16H12FN5O3/c17-10-5-7-11(8-6-10)18-12-3-1-2-4-13(12)19-16(23)14-9-15(21-20-14)22(24)25/h1-9,18H,(H,19,23)(H,20,21). The van der Waals surface area contributed by atoms with Gasteiger partial charge in [-0.2, -0.15) is 0 Å². The number of amides is 1. The molecule has 0 aliphatic carbocycles. The third-order valence-corrected chi connectivity index (χ3v) is 3.29. The van der Waals surface area contributed by atoms with Gasteiger partial charge in [-0.05, 0) is 41.3 Å². The van der Waals surface area contributed by atoms with E-state index in [2.05, 4.69) is 20.8 Å². The summed E-state index contributed by atoms with van der Waals surface area (Å²) in [6.45, 7) is 0. The van der Waals surface area contributed by atoms with Crippen LogP contribution in [-0.4, -0.2) is 21.0 Å². The quantitative estimate of drug-likeness (QED) is 0.486. The summed E-state index contributed by atoms with van der Waals surface area (Å²) in [7, 11) is 0. The first-order valence-electron chi connectivity index (χ1n) is 7.16. The maximum Gasteiger partial charge on any atom is 0.343 e. The smallest absolute Gasteiger partial charge is 0.343 e. The highest BCUT2D eigenvalue weighted by Gasteiger charge is 2.17. The number of anilines is 3. The fourth-order valence-electron chi connectivity index (χ4n) is 2.10. The molecule has 0 spiro atoms. The molecular formula is C16H12FN5O3. The van der Waals surface area contributed by atoms with E-state index < -0.39 is 10.8 Å². The number of benzene rings is 2. The van der Waals surface area contributed by atoms with Crippen LogP contribution >= 0.6 is 0 Å². The van der Waals surface area contributed by atoms with Crippen LogP contribution in [0.2, 0.25) is 0 Å². The first kappa shape index (κ1) is 16.1. The Balaban J connectivity index is 1.79. The van der Waals surface area contributed by atoms with Crippen LogP contribution < -0.4 is 10.6 Å². The zero-order valence-electron chi connectivity index (χ0n) is 12.7. The monoisotopic (exact) mass is 341 g/mol. The van der Waals surface area contributed by atoms with Crippen LogP contribution in [0.15, 0.2) is 54.6 Å². The van der Waals surface area contributed by atoms with Gasteiger partial charge in [-0.25, -0.2) is 4.39 Å². The molecule has 0 bridgehead atoms. The number of aromatic amines is 1. The predicted molar refractivity (Wildman–Crippen MR) is 89.3 cm³/mol. The first-order valence-corrected chi connectivity index (χ1v) is 7.16. The van der Waals surface area contributed by atoms with Crippen LogP contribution in [-0.2, 0) is 0 Å². The van der Waals surface area contributed by atoms with Crippen molar-refractivity contribution < 1.29 is 14.1 Å². The van der Waals surface area contributed by atoms with Gasteiger partial charge in [-0.1, -0.05) is 17.2 Å². The fraction of sp³-hybridized carbons (Fsp3) is 0. The lowest BCUT2D eigenvalue weighted by Gasteiger charge is -2.12. The van der Waals surface area contributed by atoms with Crippen LogP contribution in [0.3, 0.4) is 0 Å². The number of nitro groups is 1. The van der Waals surface area contributed by atoms with E-state index in [-0.39, 0.29) is 17.3 Å². The Kier molecular flexibility index (Phi) is 4.38. The highest BCUT2D eigenvalue weighted by molar-refractivity contribution is 6.05. The van der Waals surface area contributed by atoms with E-state index in [4.69, 9.17) is 0 Å². The van der Waals surface area contributed by atoms with Gasteiger partial charge in [0.2, 0.25) is 0 Å². The average molecular weight is 341 g/mol. The van der Waals surface area contributed by atoms with Gasteiger partial charge in [0.1, 0.15) is 5.82 Å².